The highest BCUT2D eigenvalue weighted by Gasteiger charge is 2.03. The summed E-state index contributed by atoms with van der Waals surface area (Å²) in [6.07, 6.45) is 0.670. The molecule has 0 bridgehead atoms. The molecule has 0 heterocycles. The van der Waals surface area contributed by atoms with Crippen molar-refractivity contribution in [1.29, 1.82) is 0 Å². The van der Waals surface area contributed by atoms with Crippen molar-refractivity contribution in [3.05, 3.63) is 11.9 Å². The average Bonchev–Trinajstić information content (AvgIpc) is 1.86. The van der Waals surface area contributed by atoms with Crippen molar-refractivity contribution in [1.82, 2.24) is 0 Å². The Kier molecular flexibility index (Phi) is 3.87. The number of hydrogen-bond acceptors (Lipinski definition) is 3. The van der Waals surface area contributed by atoms with Gasteiger partial charge >= 0.3 is 11.9 Å². The number of carboxylic acid groups (broad SMARTS) is 1. The monoisotopic (exact) mass is 162 g/mol. The van der Waals surface area contributed by atoms with Crippen molar-refractivity contribution in [3.63, 3.8) is 0 Å². The highest BCUT2D eigenvalue weighted by Crippen LogP contribution is 1.94. The van der Waals surface area contributed by atoms with Gasteiger partial charge in [-0.3, -0.25) is 4.79 Å². The molecule has 0 aliphatic heterocycles. The van der Waals surface area contributed by atoms with E-state index in [4.69, 9.17) is 5.11 Å². The molecule has 0 spiro atoms. The fourth-order valence-corrected chi connectivity index (χ4v) is 0.319. The fraction of sp³-hybridized carbons (Fsp3) is 0.333. The second-order valence-electron chi connectivity index (χ2n) is 1.66. The molecule has 4 nitrogen and oxygen atoms in total. The predicted octanol–water partition coefficient (Wildman–Crippen LogP) is 0.487. The van der Waals surface area contributed by atoms with E-state index >= 15 is 0 Å². The first-order valence-electron chi connectivity index (χ1n) is 2.76. The Hall–Kier alpha value is -1.39. The molecule has 0 aromatic carbocycles. The van der Waals surface area contributed by atoms with Crippen LogP contribution < -0.4 is 0 Å². The Bertz CT molecular complexity index is 197. The van der Waals surface area contributed by atoms with E-state index in [-0.39, 0.29) is 6.61 Å². The second-order valence-corrected chi connectivity index (χ2v) is 1.66. The van der Waals surface area contributed by atoms with Crippen molar-refractivity contribution >= 4 is 11.9 Å². The Morgan fingerprint density at radius 1 is 1.64 bits per heavy atom. The fourth-order valence-electron chi connectivity index (χ4n) is 0.319. The van der Waals surface area contributed by atoms with Crippen LogP contribution in [0.1, 0.15) is 6.92 Å². The van der Waals surface area contributed by atoms with Gasteiger partial charge in [0.25, 0.3) is 0 Å². The van der Waals surface area contributed by atoms with Gasteiger partial charge in [-0.05, 0) is 6.08 Å². The maximum Gasteiger partial charge on any atom is 0.364 e. The summed E-state index contributed by atoms with van der Waals surface area (Å²) >= 11 is 0. The van der Waals surface area contributed by atoms with Crippen LogP contribution in [0.4, 0.5) is 4.39 Å². The molecule has 0 saturated carbocycles. The van der Waals surface area contributed by atoms with Crippen molar-refractivity contribution in [2.24, 2.45) is 0 Å². The third kappa shape index (κ3) is 5.07. The zero-order valence-corrected chi connectivity index (χ0v) is 5.83. The van der Waals surface area contributed by atoms with Crippen molar-refractivity contribution < 1.29 is 23.8 Å². The van der Waals surface area contributed by atoms with Crippen LogP contribution in [0.25, 0.3) is 0 Å². The van der Waals surface area contributed by atoms with Gasteiger partial charge in [0.1, 0.15) is 6.61 Å². The van der Waals surface area contributed by atoms with Gasteiger partial charge in [0.05, 0.1) is 0 Å². The molecule has 0 atom stereocenters. The highest BCUT2D eigenvalue weighted by atomic mass is 19.1. The lowest BCUT2D eigenvalue weighted by Gasteiger charge is -1.93. The Morgan fingerprint density at radius 3 is 2.55 bits per heavy atom. The van der Waals surface area contributed by atoms with Crippen LogP contribution in [0.15, 0.2) is 11.9 Å². The molecule has 0 saturated heterocycles. The molecular formula is C6H7FO4. The predicted molar refractivity (Wildman–Crippen MR) is 33.5 cm³/mol. The van der Waals surface area contributed by atoms with Crippen LogP contribution in [0, 0.1) is 0 Å². The molecule has 0 aliphatic rings. The summed E-state index contributed by atoms with van der Waals surface area (Å²) in [5, 5.41) is 7.96. The molecule has 5 heteroatoms. The molecule has 0 aromatic rings. The quantitative estimate of drug-likeness (QED) is 0.484. The van der Waals surface area contributed by atoms with Crippen molar-refractivity contribution in [3.8, 4) is 0 Å². The molecule has 0 aromatic heterocycles. The second kappa shape index (κ2) is 4.43. The maximum absolute atomic E-state index is 12.0. The minimum Gasteiger partial charge on any atom is -0.476 e. The van der Waals surface area contributed by atoms with Gasteiger partial charge < -0.3 is 9.84 Å². The standard InChI is InChI=1S/C6H7FO4/c1-4(8)11-3-2-5(7)6(9)10/h2H,3H2,1H3,(H,9,10). The summed E-state index contributed by atoms with van der Waals surface area (Å²) < 4.78 is 16.3. The highest BCUT2D eigenvalue weighted by molar-refractivity contribution is 5.83. The Labute approximate surface area is 62.3 Å². The minimum atomic E-state index is -1.67. The molecule has 11 heavy (non-hydrogen) atoms. The Morgan fingerprint density at radius 2 is 2.18 bits per heavy atom. The van der Waals surface area contributed by atoms with E-state index in [1.807, 2.05) is 0 Å². The van der Waals surface area contributed by atoms with Gasteiger partial charge in [-0.15, -0.1) is 0 Å². The summed E-state index contributed by atoms with van der Waals surface area (Å²) in [7, 11) is 0. The summed E-state index contributed by atoms with van der Waals surface area (Å²) in [4.78, 5) is 19.9. The van der Waals surface area contributed by atoms with Crippen LogP contribution in [0.2, 0.25) is 0 Å². The first kappa shape index (κ1) is 9.61. The topological polar surface area (TPSA) is 63.6 Å². The van der Waals surface area contributed by atoms with Crippen LogP contribution in [-0.4, -0.2) is 23.7 Å². The summed E-state index contributed by atoms with van der Waals surface area (Å²) in [5.41, 5.74) is 0. The molecule has 62 valence electrons. The van der Waals surface area contributed by atoms with Gasteiger partial charge in [0.15, 0.2) is 0 Å². The van der Waals surface area contributed by atoms with E-state index in [0.29, 0.717) is 6.08 Å². The van der Waals surface area contributed by atoms with Gasteiger partial charge in [0, 0.05) is 6.92 Å². The normalized spacial score (nSPS) is 10.9. The molecule has 0 aliphatic carbocycles. The van der Waals surface area contributed by atoms with Gasteiger partial charge in [-0.2, -0.15) is 4.39 Å². The Balaban J connectivity index is 3.74. The number of carbonyl (C=O) groups is 2. The number of aliphatic carboxylic acids is 1. The number of halogens is 1. The van der Waals surface area contributed by atoms with Gasteiger partial charge in [-0.25, -0.2) is 4.79 Å². The van der Waals surface area contributed by atoms with Crippen LogP contribution in [0.5, 0.6) is 0 Å². The molecule has 0 amide bonds. The van der Waals surface area contributed by atoms with Crippen LogP contribution >= 0.6 is 0 Å². The number of hydrogen-bond donors (Lipinski definition) is 1. The molecular weight excluding hydrogens is 155 g/mol. The molecule has 0 rings (SSSR count). The lowest BCUT2D eigenvalue weighted by atomic mass is 10.5. The maximum atomic E-state index is 12.0. The number of ether oxygens (including phenoxy) is 1. The van der Waals surface area contributed by atoms with E-state index in [9.17, 15) is 14.0 Å². The van der Waals surface area contributed by atoms with E-state index in [2.05, 4.69) is 4.74 Å². The van der Waals surface area contributed by atoms with E-state index in [1.54, 1.807) is 0 Å². The van der Waals surface area contributed by atoms with E-state index < -0.39 is 17.8 Å². The molecule has 1 N–H and O–H groups in total. The lowest BCUT2D eigenvalue weighted by molar-refractivity contribution is -0.140. The van der Waals surface area contributed by atoms with E-state index in [1.165, 1.54) is 0 Å². The van der Waals surface area contributed by atoms with Crippen molar-refractivity contribution in [2.75, 3.05) is 6.61 Å². The van der Waals surface area contributed by atoms with Crippen LogP contribution in [0.3, 0.4) is 0 Å². The largest absolute Gasteiger partial charge is 0.476 e. The van der Waals surface area contributed by atoms with E-state index in [0.717, 1.165) is 6.92 Å². The lowest BCUT2D eigenvalue weighted by Crippen LogP contribution is -2.01. The summed E-state index contributed by atoms with van der Waals surface area (Å²) in [6.45, 7) is 0.792. The number of rotatable bonds is 3. The van der Waals surface area contributed by atoms with Gasteiger partial charge in [0.2, 0.25) is 5.83 Å². The SMILES string of the molecule is CC(=O)OCC=C(F)C(=O)O. The third-order valence-electron chi connectivity index (χ3n) is 0.753. The molecule has 0 unspecified atom stereocenters. The van der Waals surface area contributed by atoms with Crippen molar-refractivity contribution in [2.45, 2.75) is 6.92 Å². The first-order valence-corrected chi connectivity index (χ1v) is 2.76. The zero-order valence-electron chi connectivity index (χ0n) is 5.83. The molecule has 0 radical (unpaired) electrons. The number of esters is 1. The summed E-state index contributed by atoms with van der Waals surface area (Å²) in [6, 6.07) is 0. The summed E-state index contributed by atoms with van der Waals surface area (Å²) in [5.74, 6) is -3.58. The van der Waals surface area contributed by atoms with Gasteiger partial charge in [-0.1, -0.05) is 0 Å². The van der Waals surface area contributed by atoms with Crippen LogP contribution in [-0.2, 0) is 14.3 Å². The number of carboxylic acids is 1. The smallest absolute Gasteiger partial charge is 0.364 e. The average molecular weight is 162 g/mol. The third-order valence-corrected chi connectivity index (χ3v) is 0.753. The minimum absolute atomic E-state index is 0.354. The number of carbonyl (C=O) groups excluding carboxylic acids is 1. The zero-order chi connectivity index (χ0) is 8.85. The molecule has 0 fully saturated rings. The first-order chi connectivity index (χ1) is 5.04.